The van der Waals surface area contributed by atoms with Crippen LogP contribution in [0.25, 0.3) is 0 Å². The van der Waals surface area contributed by atoms with Gasteiger partial charge in [0, 0.05) is 18.8 Å². The number of hydrogen-bond donors (Lipinski definition) is 1. The van der Waals surface area contributed by atoms with Gasteiger partial charge in [-0.05, 0) is 37.0 Å². The van der Waals surface area contributed by atoms with E-state index in [9.17, 15) is 12.8 Å². The Morgan fingerprint density at radius 1 is 1.26 bits per heavy atom. The van der Waals surface area contributed by atoms with Crippen LogP contribution in [-0.2, 0) is 16.4 Å². The van der Waals surface area contributed by atoms with E-state index in [-0.39, 0.29) is 17.1 Å². The predicted octanol–water partition coefficient (Wildman–Crippen LogP) is 2.27. The molecule has 2 atom stereocenters. The molecule has 2 unspecified atom stereocenters. The number of benzene rings is 1. The monoisotopic (exact) mass is 285 g/mol. The van der Waals surface area contributed by atoms with E-state index in [2.05, 4.69) is 5.32 Å². The highest BCUT2D eigenvalue weighted by Gasteiger charge is 2.28. The molecule has 0 aromatic heterocycles. The Morgan fingerprint density at radius 2 is 1.95 bits per heavy atom. The van der Waals surface area contributed by atoms with E-state index in [0.717, 1.165) is 24.8 Å². The van der Waals surface area contributed by atoms with E-state index in [1.165, 1.54) is 18.4 Å². The lowest BCUT2D eigenvalue weighted by molar-refractivity contribution is 0.371. The van der Waals surface area contributed by atoms with Crippen molar-refractivity contribution in [3.8, 4) is 0 Å². The second-order valence-corrected chi connectivity index (χ2v) is 7.65. The van der Waals surface area contributed by atoms with Crippen molar-refractivity contribution in [2.24, 2.45) is 0 Å². The van der Waals surface area contributed by atoms with Gasteiger partial charge in [0.05, 0.1) is 5.25 Å². The number of nitrogens with one attached hydrogen (secondary N) is 1. The van der Waals surface area contributed by atoms with Gasteiger partial charge in [-0.3, -0.25) is 0 Å². The van der Waals surface area contributed by atoms with Gasteiger partial charge >= 0.3 is 0 Å². The van der Waals surface area contributed by atoms with E-state index in [1.807, 2.05) is 0 Å². The molecule has 1 aromatic rings. The zero-order valence-electron chi connectivity index (χ0n) is 11.1. The highest BCUT2D eigenvalue weighted by molar-refractivity contribution is 7.91. The predicted molar refractivity (Wildman–Crippen MR) is 74.1 cm³/mol. The molecule has 1 fully saturated rings. The van der Waals surface area contributed by atoms with Crippen LogP contribution in [0, 0.1) is 5.82 Å². The van der Waals surface area contributed by atoms with Gasteiger partial charge in [-0.15, -0.1) is 0 Å². The summed E-state index contributed by atoms with van der Waals surface area (Å²) in [4.78, 5) is 0. The third-order valence-corrected chi connectivity index (χ3v) is 5.38. The molecule has 1 N–H and O–H groups in total. The third-order valence-electron chi connectivity index (χ3n) is 3.74. The Kier molecular flexibility index (Phi) is 4.58. The molecule has 106 valence electrons. The van der Waals surface area contributed by atoms with Crippen LogP contribution < -0.4 is 5.32 Å². The van der Waals surface area contributed by atoms with E-state index in [1.54, 1.807) is 12.1 Å². The maximum atomic E-state index is 12.8. The summed E-state index contributed by atoms with van der Waals surface area (Å²) in [6.45, 7) is 0.654. The Balaban J connectivity index is 1.87. The van der Waals surface area contributed by atoms with Crippen molar-refractivity contribution in [1.29, 1.82) is 0 Å². The van der Waals surface area contributed by atoms with Gasteiger partial charge in [-0.25, -0.2) is 12.8 Å². The van der Waals surface area contributed by atoms with Crippen molar-refractivity contribution in [2.75, 3.05) is 6.26 Å². The summed E-state index contributed by atoms with van der Waals surface area (Å²) in [7, 11) is -2.94. The first-order chi connectivity index (χ1) is 8.95. The largest absolute Gasteiger partial charge is 0.310 e. The van der Waals surface area contributed by atoms with Gasteiger partial charge in [0.25, 0.3) is 0 Å². The fourth-order valence-corrected chi connectivity index (χ4v) is 3.76. The quantitative estimate of drug-likeness (QED) is 0.923. The summed E-state index contributed by atoms with van der Waals surface area (Å²) >= 11 is 0. The topological polar surface area (TPSA) is 46.2 Å². The van der Waals surface area contributed by atoms with Crippen LogP contribution in [-0.4, -0.2) is 26.0 Å². The standard InChI is InChI=1S/C14H20FNO2S/c1-19(17,18)14-4-2-3-13(9-14)16-10-11-5-7-12(15)8-6-11/h5-8,13-14,16H,2-4,9-10H2,1H3. The third kappa shape index (κ3) is 4.28. The maximum absolute atomic E-state index is 12.8. The number of rotatable bonds is 4. The minimum Gasteiger partial charge on any atom is -0.310 e. The number of sulfone groups is 1. The van der Waals surface area contributed by atoms with Gasteiger partial charge in [-0.1, -0.05) is 18.6 Å². The average molecular weight is 285 g/mol. The lowest BCUT2D eigenvalue weighted by atomic mass is 9.95. The van der Waals surface area contributed by atoms with Gasteiger partial charge in [0.1, 0.15) is 15.7 Å². The second-order valence-electron chi connectivity index (χ2n) is 5.32. The zero-order chi connectivity index (χ0) is 13.9. The molecular formula is C14H20FNO2S. The van der Waals surface area contributed by atoms with Gasteiger partial charge in [0.15, 0.2) is 0 Å². The summed E-state index contributed by atoms with van der Waals surface area (Å²) in [5, 5.41) is 3.16. The highest BCUT2D eigenvalue weighted by atomic mass is 32.2. The summed E-state index contributed by atoms with van der Waals surface area (Å²) in [5.74, 6) is -0.237. The van der Waals surface area contributed by atoms with E-state index in [4.69, 9.17) is 0 Å². The van der Waals surface area contributed by atoms with Gasteiger partial charge < -0.3 is 5.32 Å². The molecule has 0 saturated heterocycles. The van der Waals surface area contributed by atoms with Crippen LogP contribution in [0.2, 0.25) is 0 Å². The molecule has 3 nitrogen and oxygen atoms in total. The minimum absolute atomic E-state index is 0.216. The minimum atomic E-state index is -2.94. The molecule has 2 rings (SSSR count). The van der Waals surface area contributed by atoms with Crippen molar-refractivity contribution < 1.29 is 12.8 Å². The van der Waals surface area contributed by atoms with Crippen LogP contribution >= 0.6 is 0 Å². The lowest BCUT2D eigenvalue weighted by Gasteiger charge is -2.28. The van der Waals surface area contributed by atoms with Crippen molar-refractivity contribution in [2.45, 2.75) is 43.5 Å². The highest BCUT2D eigenvalue weighted by Crippen LogP contribution is 2.24. The average Bonchev–Trinajstić information content (AvgIpc) is 2.37. The van der Waals surface area contributed by atoms with Crippen LogP contribution in [0.3, 0.4) is 0 Å². The normalized spacial score (nSPS) is 24.3. The molecule has 1 aliphatic carbocycles. The number of halogens is 1. The fraction of sp³-hybridized carbons (Fsp3) is 0.571. The van der Waals surface area contributed by atoms with Gasteiger partial charge in [-0.2, -0.15) is 0 Å². The van der Waals surface area contributed by atoms with Gasteiger partial charge in [0.2, 0.25) is 0 Å². The van der Waals surface area contributed by atoms with Crippen LogP contribution in [0.5, 0.6) is 0 Å². The molecular weight excluding hydrogens is 265 g/mol. The molecule has 0 spiro atoms. The summed E-state index contributed by atoms with van der Waals surface area (Å²) < 4.78 is 35.9. The zero-order valence-corrected chi connectivity index (χ0v) is 11.9. The molecule has 19 heavy (non-hydrogen) atoms. The SMILES string of the molecule is CS(=O)(=O)C1CCCC(NCc2ccc(F)cc2)C1. The Labute approximate surface area is 114 Å². The molecule has 1 aliphatic rings. The van der Waals surface area contributed by atoms with E-state index < -0.39 is 9.84 Å². The van der Waals surface area contributed by atoms with E-state index in [0.29, 0.717) is 13.0 Å². The molecule has 0 aliphatic heterocycles. The smallest absolute Gasteiger partial charge is 0.150 e. The van der Waals surface area contributed by atoms with Crippen molar-refractivity contribution in [1.82, 2.24) is 5.32 Å². The molecule has 1 aromatic carbocycles. The van der Waals surface area contributed by atoms with Crippen LogP contribution in [0.4, 0.5) is 4.39 Å². The fourth-order valence-electron chi connectivity index (χ4n) is 2.58. The molecule has 0 amide bonds. The second kappa shape index (κ2) is 6.01. The molecule has 0 heterocycles. The van der Waals surface area contributed by atoms with E-state index >= 15 is 0 Å². The Bertz CT molecular complexity index is 513. The van der Waals surface area contributed by atoms with Crippen LogP contribution in [0.15, 0.2) is 24.3 Å². The molecule has 0 radical (unpaired) electrons. The maximum Gasteiger partial charge on any atom is 0.150 e. The first-order valence-corrected chi connectivity index (χ1v) is 8.57. The van der Waals surface area contributed by atoms with Crippen LogP contribution in [0.1, 0.15) is 31.2 Å². The molecule has 5 heteroatoms. The van der Waals surface area contributed by atoms with Crippen molar-refractivity contribution in [3.05, 3.63) is 35.6 Å². The first kappa shape index (κ1) is 14.5. The molecule has 1 saturated carbocycles. The summed E-state index contributed by atoms with van der Waals surface area (Å²) in [6.07, 6.45) is 4.72. The summed E-state index contributed by atoms with van der Waals surface area (Å²) in [6, 6.07) is 6.62. The number of hydrogen-bond acceptors (Lipinski definition) is 3. The molecule has 0 bridgehead atoms. The summed E-state index contributed by atoms with van der Waals surface area (Å²) in [5.41, 5.74) is 1.02. The first-order valence-electron chi connectivity index (χ1n) is 6.62. The Hall–Kier alpha value is -0.940. The lowest BCUT2D eigenvalue weighted by Crippen LogP contribution is -2.38. The Morgan fingerprint density at radius 3 is 2.58 bits per heavy atom. The van der Waals surface area contributed by atoms with Crippen molar-refractivity contribution >= 4 is 9.84 Å². The van der Waals surface area contributed by atoms with Crippen molar-refractivity contribution in [3.63, 3.8) is 0 Å².